The molecule has 0 aliphatic carbocycles. The van der Waals surface area contributed by atoms with Crippen LogP contribution in [0.5, 0.6) is 0 Å². The Labute approximate surface area is 129 Å². The van der Waals surface area contributed by atoms with Crippen LogP contribution in [0.2, 0.25) is 0 Å². The summed E-state index contributed by atoms with van der Waals surface area (Å²) >= 11 is 0. The van der Waals surface area contributed by atoms with Gasteiger partial charge in [-0.3, -0.25) is 0 Å². The molecule has 4 atom stereocenters. The molecule has 5 N–H and O–H groups in total. The first-order chi connectivity index (χ1) is 11.0. The van der Waals surface area contributed by atoms with E-state index in [1.54, 1.807) is 7.05 Å². The van der Waals surface area contributed by atoms with Crippen molar-refractivity contribution in [3.63, 3.8) is 0 Å². The SMILES string of the molecule is CN1N=C(N)c2nn([C@@H]3O[C@H](CO)[C@@H](O)[C@H]3O)c3ncnc1c23. The third-order valence-electron chi connectivity index (χ3n) is 4.03. The summed E-state index contributed by atoms with van der Waals surface area (Å²) in [6, 6.07) is 0. The van der Waals surface area contributed by atoms with E-state index < -0.39 is 31.1 Å². The minimum absolute atomic E-state index is 0.185. The number of amidine groups is 1. The molecule has 11 heteroatoms. The van der Waals surface area contributed by atoms with Crippen molar-refractivity contribution in [3.8, 4) is 0 Å². The molecular weight excluding hydrogens is 306 g/mol. The van der Waals surface area contributed by atoms with Gasteiger partial charge >= 0.3 is 0 Å². The Morgan fingerprint density at radius 3 is 2.78 bits per heavy atom. The highest BCUT2D eigenvalue weighted by Crippen LogP contribution is 2.35. The minimum Gasteiger partial charge on any atom is -0.394 e. The fraction of sp³-hybridized carbons (Fsp3) is 0.500. The number of rotatable bonds is 2. The highest BCUT2D eigenvalue weighted by Gasteiger charge is 2.45. The summed E-state index contributed by atoms with van der Waals surface area (Å²) in [5.74, 6) is 0.711. The summed E-state index contributed by atoms with van der Waals surface area (Å²) in [6.45, 7) is -0.423. The molecule has 0 amide bonds. The van der Waals surface area contributed by atoms with Gasteiger partial charge < -0.3 is 25.8 Å². The van der Waals surface area contributed by atoms with E-state index in [2.05, 4.69) is 20.2 Å². The molecule has 2 aromatic rings. The zero-order valence-corrected chi connectivity index (χ0v) is 12.1. The van der Waals surface area contributed by atoms with Crippen LogP contribution in [0.25, 0.3) is 11.0 Å². The summed E-state index contributed by atoms with van der Waals surface area (Å²) < 4.78 is 6.84. The molecule has 23 heavy (non-hydrogen) atoms. The lowest BCUT2D eigenvalue weighted by Crippen LogP contribution is -2.33. The van der Waals surface area contributed by atoms with Crippen molar-refractivity contribution in [1.29, 1.82) is 0 Å². The highest BCUT2D eigenvalue weighted by molar-refractivity contribution is 6.12. The van der Waals surface area contributed by atoms with Crippen LogP contribution in [0.4, 0.5) is 5.82 Å². The summed E-state index contributed by atoms with van der Waals surface area (Å²) in [5.41, 5.74) is 6.68. The molecule has 0 bridgehead atoms. The van der Waals surface area contributed by atoms with Gasteiger partial charge in [-0.05, 0) is 0 Å². The molecule has 4 rings (SSSR count). The monoisotopic (exact) mass is 321 g/mol. The summed E-state index contributed by atoms with van der Waals surface area (Å²) in [7, 11) is 1.70. The predicted octanol–water partition coefficient (Wildman–Crippen LogP) is -2.49. The van der Waals surface area contributed by atoms with Crippen LogP contribution in [-0.2, 0) is 4.74 Å². The molecule has 122 valence electrons. The van der Waals surface area contributed by atoms with Gasteiger partial charge in [0.1, 0.15) is 30.3 Å². The highest BCUT2D eigenvalue weighted by atomic mass is 16.6. The Morgan fingerprint density at radius 1 is 1.30 bits per heavy atom. The van der Waals surface area contributed by atoms with Crippen LogP contribution < -0.4 is 10.7 Å². The molecule has 0 radical (unpaired) electrons. The van der Waals surface area contributed by atoms with Crippen LogP contribution in [0.15, 0.2) is 11.4 Å². The molecule has 0 unspecified atom stereocenters. The fourth-order valence-corrected chi connectivity index (χ4v) is 2.90. The van der Waals surface area contributed by atoms with E-state index in [4.69, 9.17) is 10.5 Å². The molecule has 2 aliphatic rings. The first-order valence-electron chi connectivity index (χ1n) is 6.96. The Balaban J connectivity index is 1.89. The van der Waals surface area contributed by atoms with E-state index in [0.717, 1.165) is 0 Å². The normalized spacial score (nSPS) is 30.1. The Bertz CT molecular complexity index is 806. The van der Waals surface area contributed by atoms with E-state index in [0.29, 0.717) is 22.5 Å². The lowest BCUT2D eigenvalue weighted by Gasteiger charge is -2.17. The molecule has 1 fully saturated rings. The standard InChI is InChI=1S/C12H15N7O4/c1-18-10-5-6(9(13)17-18)16-19(11(5)15-3-14-10)12-8(22)7(21)4(2-20)23-12/h3-4,7-8,12,20-22H,2H2,1H3,(H2,13,17)/t4-,7-,8-,12-/m1/s1. The number of nitrogens with zero attached hydrogens (tertiary/aromatic N) is 6. The molecule has 1 saturated heterocycles. The number of aliphatic hydroxyl groups is 3. The van der Waals surface area contributed by atoms with Crippen LogP contribution in [0.1, 0.15) is 11.9 Å². The number of anilines is 1. The maximum absolute atomic E-state index is 10.2. The summed E-state index contributed by atoms with van der Waals surface area (Å²) in [6.07, 6.45) is -3.06. The fourth-order valence-electron chi connectivity index (χ4n) is 2.90. The molecule has 2 aromatic heterocycles. The maximum Gasteiger partial charge on any atom is 0.181 e. The van der Waals surface area contributed by atoms with Crippen molar-refractivity contribution in [2.24, 2.45) is 10.8 Å². The predicted molar refractivity (Wildman–Crippen MR) is 77.5 cm³/mol. The van der Waals surface area contributed by atoms with Crippen LogP contribution in [0.3, 0.4) is 0 Å². The third kappa shape index (κ3) is 1.84. The quantitative estimate of drug-likeness (QED) is 0.470. The van der Waals surface area contributed by atoms with Gasteiger partial charge in [0, 0.05) is 7.05 Å². The third-order valence-corrected chi connectivity index (χ3v) is 4.03. The Hall–Kier alpha value is -2.34. The van der Waals surface area contributed by atoms with E-state index in [1.807, 2.05) is 0 Å². The molecular formula is C12H15N7O4. The zero-order valence-electron chi connectivity index (χ0n) is 12.1. The second-order valence-electron chi connectivity index (χ2n) is 5.43. The Kier molecular flexibility index (Phi) is 2.99. The van der Waals surface area contributed by atoms with Gasteiger partial charge in [-0.2, -0.15) is 10.2 Å². The minimum atomic E-state index is -1.27. The lowest BCUT2D eigenvalue weighted by molar-refractivity contribution is -0.0566. The number of aliphatic hydroxyl groups excluding tert-OH is 3. The van der Waals surface area contributed by atoms with Gasteiger partial charge in [-0.1, -0.05) is 0 Å². The number of hydrogen-bond acceptors (Lipinski definition) is 10. The van der Waals surface area contributed by atoms with Crippen molar-refractivity contribution in [2.45, 2.75) is 24.5 Å². The average molecular weight is 321 g/mol. The van der Waals surface area contributed by atoms with Crippen LogP contribution in [-0.4, -0.2) is 72.9 Å². The molecule has 4 heterocycles. The van der Waals surface area contributed by atoms with Gasteiger partial charge in [0.25, 0.3) is 0 Å². The van der Waals surface area contributed by atoms with Gasteiger partial charge in [-0.15, -0.1) is 0 Å². The Morgan fingerprint density at radius 2 is 2.09 bits per heavy atom. The lowest BCUT2D eigenvalue weighted by atomic mass is 10.1. The molecule has 0 saturated carbocycles. The largest absolute Gasteiger partial charge is 0.394 e. The van der Waals surface area contributed by atoms with Crippen LogP contribution in [0, 0.1) is 0 Å². The molecule has 0 aromatic carbocycles. The van der Waals surface area contributed by atoms with Crippen LogP contribution >= 0.6 is 0 Å². The smallest absolute Gasteiger partial charge is 0.181 e. The van der Waals surface area contributed by atoms with Crippen molar-refractivity contribution in [1.82, 2.24) is 19.7 Å². The van der Waals surface area contributed by atoms with Gasteiger partial charge in [0.15, 0.2) is 23.5 Å². The van der Waals surface area contributed by atoms with Gasteiger partial charge in [0.05, 0.1) is 12.0 Å². The van der Waals surface area contributed by atoms with Crippen molar-refractivity contribution < 1.29 is 20.1 Å². The molecule has 2 aliphatic heterocycles. The molecule has 11 nitrogen and oxygen atoms in total. The summed E-state index contributed by atoms with van der Waals surface area (Å²) in [5, 5.41) is 39.9. The number of nitrogens with two attached hydrogens (primary N) is 1. The zero-order chi connectivity index (χ0) is 16.3. The van der Waals surface area contributed by atoms with Crippen molar-refractivity contribution >= 4 is 22.7 Å². The summed E-state index contributed by atoms with van der Waals surface area (Å²) in [4.78, 5) is 8.35. The van der Waals surface area contributed by atoms with E-state index in [1.165, 1.54) is 16.0 Å². The van der Waals surface area contributed by atoms with Gasteiger partial charge in [-0.25, -0.2) is 19.7 Å². The number of hydrazone groups is 1. The van der Waals surface area contributed by atoms with E-state index in [-0.39, 0.29) is 5.84 Å². The second-order valence-corrected chi connectivity index (χ2v) is 5.43. The van der Waals surface area contributed by atoms with Crippen molar-refractivity contribution in [2.75, 3.05) is 18.7 Å². The van der Waals surface area contributed by atoms with Crippen molar-refractivity contribution in [3.05, 3.63) is 12.0 Å². The van der Waals surface area contributed by atoms with E-state index >= 15 is 0 Å². The number of hydrogen-bond donors (Lipinski definition) is 4. The molecule has 0 spiro atoms. The number of ether oxygens (including phenoxy) is 1. The van der Waals surface area contributed by atoms with Gasteiger partial charge in [0.2, 0.25) is 0 Å². The van der Waals surface area contributed by atoms with E-state index in [9.17, 15) is 15.3 Å². The second kappa shape index (κ2) is 4.83. The first kappa shape index (κ1) is 14.3. The average Bonchev–Trinajstić information content (AvgIpc) is 3.05. The number of aromatic nitrogens is 4. The topological polar surface area (TPSA) is 155 Å². The maximum atomic E-state index is 10.2. The first-order valence-corrected chi connectivity index (χ1v) is 6.96.